The number of nitrogens with one attached hydrogen (secondary N) is 2. The molecule has 1 aromatic carbocycles. The van der Waals surface area contributed by atoms with Crippen molar-refractivity contribution in [3.63, 3.8) is 0 Å². The van der Waals surface area contributed by atoms with Gasteiger partial charge < -0.3 is 16.4 Å². The van der Waals surface area contributed by atoms with Gasteiger partial charge in [0.1, 0.15) is 0 Å². The zero-order valence-corrected chi connectivity index (χ0v) is 21.2. The molecule has 170 valence electrons. The normalized spacial score (nSPS) is 18.4. The molecule has 2 rings (SSSR count). The molecule has 0 spiro atoms. The van der Waals surface area contributed by atoms with Crippen LogP contribution in [0.25, 0.3) is 0 Å². The molecule has 7 heteroatoms. The molecule has 4 N–H and O–H groups in total. The molecular formula is C23H40IN5O. The lowest BCUT2D eigenvalue weighted by molar-refractivity contribution is -0.123. The Morgan fingerprint density at radius 1 is 1.33 bits per heavy atom. The Morgan fingerprint density at radius 2 is 2.10 bits per heavy atom. The van der Waals surface area contributed by atoms with E-state index in [0.717, 1.165) is 51.4 Å². The van der Waals surface area contributed by atoms with Gasteiger partial charge in [-0.15, -0.1) is 24.0 Å². The van der Waals surface area contributed by atoms with Crippen LogP contribution in [0.3, 0.4) is 0 Å². The summed E-state index contributed by atoms with van der Waals surface area (Å²) in [5.41, 5.74) is 8.00. The highest BCUT2D eigenvalue weighted by Crippen LogP contribution is 2.18. The lowest BCUT2D eigenvalue weighted by Crippen LogP contribution is -2.41. The van der Waals surface area contributed by atoms with Crippen molar-refractivity contribution in [2.45, 2.75) is 71.5 Å². The molecule has 0 bridgehead atoms. The molecule has 1 aromatic rings. The number of amides is 1. The highest BCUT2D eigenvalue weighted by atomic mass is 127. The van der Waals surface area contributed by atoms with Gasteiger partial charge in [-0.1, -0.05) is 50.5 Å². The fraction of sp³-hybridized carbons (Fsp3) is 0.652. The number of benzene rings is 1. The summed E-state index contributed by atoms with van der Waals surface area (Å²) in [5.74, 6) is 0.664. The molecule has 1 aliphatic heterocycles. The zero-order chi connectivity index (χ0) is 21.1. The van der Waals surface area contributed by atoms with E-state index in [9.17, 15) is 4.79 Å². The molecular weight excluding hydrogens is 489 g/mol. The number of halogens is 1. The van der Waals surface area contributed by atoms with Gasteiger partial charge in [0.2, 0.25) is 5.91 Å². The van der Waals surface area contributed by atoms with Gasteiger partial charge >= 0.3 is 0 Å². The number of piperidine rings is 1. The second-order valence-corrected chi connectivity index (χ2v) is 8.26. The number of carbonyl (C=O) groups excluding carboxylic acids is 1. The minimum Gasteiger partial charge on any atom is -0.369 e. The second kappa shape index (κ2) is 14.6. The van der Waals surface area contributed by atoms with E-state index in [0.29, 0.717) is 6.04 Å². The highest BCUT2D eigenvalue weighted by molar-refractivity contribution is 14.0. The Balaban J connectivity index is 0.00000450. The van der Waals surface area contributed by atoms with Crippen LogP contribution in [-0.2, 0) is 17.9 Å². The number of carbonyl (C=O) groups is 1. The molecule has 2 atom stereocenters. The van der Waals surface area contributed by atoms with E-state index in [4.69, 9.17) is 5.73 Å². The van der Waals surface area contributed by atoms with Crippen LogP contribution in [0.5, 0.6) is 0 Å². The van der Waals surface area contributed by atoms with Gasteiger partial charge in [-0.05, 0) is 43.9 Å². The molecule has 30 heavy (non-hydrogen) atoms. The fourth-order valence-corrected chi connectivity index (χ4v) is 3.91. The molecule has 0 aromatic heterocycles. The average Bonchev–Trinajstić information content (AvgIpc) is 2.71. The van der Waals surface area contributed by atoms with Gasteiger partial charge in [-0.25, -0.2) is 0 Å². The largest absolute Gasteiger partial charge is 0.369 e. The number of guanidine groups is 1. The standard InChI is InChI=1S/C23H39N5O.HI/c1-4-5-6-9-18(2)27-23(25-3)26-15-19-10-7-11-20(14-19)16-28-13-8-12-21(17-28)22(24)29;/h7,10-11,14,18,21H,4-6,8-9,12-13,15-17H2,1-3H3,(H2,24,29)(H2,25,26,27);1H. The van der Waals surface area contributed by atoms with Crippen molar-refractivity contribution >= 4 is 35.8 Å². The van der Waals surface area contributed by atoms with Gasteiger partial charge in [0.05, 0.1) is 5.92 Å². The van der Waals surface area contributed by atoms with Crippen LogP contribution >= 0.6 is 24.0 Å². The SMILES string of the molecule is CCCCCC(C)NC(=NC)NCc1cccc(CN2CCCC(C(N)=O)C2)c1.I. The van der Waals surface area contributed by atoms with Crippen molar-refractivity contribution in [2.75, 3.05) is 20.1 Å². The lowest BCUT2D eigenvalue weighted by atomic mass is 9.97. The van der Waals surface area contributed by atoms with Gasteiger partial charge in [0.25, 0.3) is 0 Å². The first-order valence-corrected chi connectivity index (χ1v) is 11.1. The zero-order valence-electron chi connectivity index (χ0n) is 18.8. The number of hydrogen-bond acceptors (Lipinski definition) is 3. The first kappa shape index (κ1) is 26.7. The van der Waals surface area contributed by atoms with Crippen molar-refractivity contribution in [1.29, 1.82) is 0 Å². The molecule has 0 radical (unpaired) electrons. The predicted octanol–water partition coefficient (Wildman–Crippen LogP) is 3.64. The van der Waals surface area contributed by atoms with Crippen molar-refractivity contribution < 1.29 is 4.79 Å². The number of nitrogens with zero attached hydrogens (tertiary/aromatic N) is 2. The van der Waals surface area contributed by atoms with Crippen LogP contribution in [0, 0.1) is 5.92 Å². The number of hydrogen-bond donors (Lipinski definition) is 3. The van der Waals surface area contributed by atoms with Gasteiger partial charge in [0, 0.05) is 32.7 Å². The maximum atomic E-state index is 11.5. The topological polar surface area (TPSA) is 82.8 Å². The summed E-state index contributed by atoms with van der Waals surface area (Å²) in [7, 11) is 1.82. The van der Waals surface area contributed by atoms with Crippen LogP contribution in [-0.4, -0.2) is 42.9 Å². The Kier molecular flexibility index (Phi) is 13.0. The summed E-state index contributed by atoms with van der Waals surface area (Å²) in [4.78, 5) is 18.2. The number of likely N-dealkylation sites (tertiary alicyclic amines) is 1. The Bertz CT molecular complexity index is 667. The van der Waals surface area contributed by atoms with Crippen molar-refractivity contribution in [3.05, 3.63) is 35.4 Å². The van der Waals surface area contributed by atoms with E-state index in [1.807, 2.05) is 7.05 Å². The third-order valence-electron chi connectivity index (χ3n) is 5.61. The summed E-state index contributed by atoms with van der Waals surface area (Å²) in [6.07, 6.45) is 6.88. The average molecular weight is 530 g/mol. The first-order valence-electron chi connectivity index (χ1n) is 11.1. The fourth-order valence-electron chi connectivity index (χ4n) is 3.91. The van der Waals surface area contributed by atoms with Crippen LogP contribution in [0.15, 0.2) is 29.3 Å². The predicted molar refractivity (Wildman–Crippen MR) is 136 cm³/mol. The Hall–Kier alpha value is -1.35. The van der Waals surface area contributed by atoms with E-state index in [2.05, 4.69) is 58.6 Å². The summed E-state index contributed by atoms with van der Waals surface area (Å²) in [5, 5.41) is 6.90. The van der Waals surface area contributed by atoms with Crippen LogP contribution in [0.1, 0.15) is 63.5 Å². The summed E-state index contributed by atoms with van der Waals surface area (Å²) < 4.78 is 0. The first-order chi connectivity index (χ1) is 14.0. The molecule has 1 fully saturated rings. The van der Waals surface area contributed by atoms with Gasteiger partial charge in [-0.2, -0.15) is 0 Å². The van der Waals surface area contributed by atoms with Gasteiger partial charge in [-0.3, -0.25) is 14.7 Å². The molecule has 1 heterocycles. The molecule has 1 saturated heterocycles. The third kappa shape index (κ3) is 9.64. The van der Waals surface area contributed by atoms with E-state index < -0.39 is 0 Å². The smallest absolute Gasteiger partial charge is 0.221 e. The van der Waals surface area contributed by atoms with Crippen LogP contribution in [0.4, 0.5) is 0 Å². The Morgan fingerprint density at radius 3 is 2.80 bits per heavy atom. The third-order valence-corrected chi connectivity index (χ3v) is 5.61. The molecule has 0 saturated carbocycles. The number of nitrogens with two attached hydrogens (primary N) is 1. The highest BCUT2D eigenvalue weighted by Gasteiger charge is 2.23. The number of aliphatic imine (C=N–C) groups is 1. The minimum absolute atomic E-state index is 0. The van der Waals surface area contributed by atoms with Crippen LogP contribution in [0.2, 0.25) is 0 Å². The number of primary amides is 1. The van der Waals surface area contributed by atoms with Crippen LogP contribution < -0.4 is 16.4 Å². The molecule has 0 aliphatic carbocycles. The molecule has 6 nitrogen and oxygen atoms in total. The van der Waals surface area contributed by atoms with E-state index in [1.54, 1.807) is 0 Å². The van der Waals surface area contributed by atoms with E-state index in [1.165, 1.54) is 30.4 Å². The number of rotatable bonds is 10. The van der Waals surface area contributed by atoms with Gasteiger partial charge in [0.15, 0.2) is 5.96 Å². The van der Waals surface area contributed by atoms with E-state index >= 15 is 0 Å². The molecule has 2 unspecified atom stereocenters. The van der Waals surface area contributed by atoms with Crippen molar-refractivity contribution in [1.82, 2.24) is 15.5 Å². The molecule has 1 amide bonds. The summed E-state index contributed by atoms with van der Waals surface area (Å²) in [6, 6.07) is 9.04. The maximum Gasteiger partial charge on any atom is 0.221 e. The van der Waals surface area contributed by atoms with E-state index in [-0.39, 0.29) is 35.8 Å². The minimum atomic E-state index is -0.171. The maximum absolute atomic E-state index is 11.5. The second-order valence-electron chi connectivity index (χ2n) is 8.26. The lowest BCUT2D eigenvalue weighted by Gasteiger charge is -2.31. The number of unbranched alkanes of at least 4 members (excludes halogenated alkanes) is 2. The van der Waals surface area contributed by atoms with Crippen molar-refractivity contribution in [2.24, 2.45) is 16.6 Å². The quantitative estimate of drug-likeness (QED) is 0.187. The summed E-state index contributed by atoms with van der Waals surface area (Å²) >= 11 is 0. The monoisotopic (exact) mass is 529 g/mol. The molecule has 1 aliphatic rings. The Labute approximate surface area is 199 Å². The summed E-state index contributed by atoms with van der Waals surface area (Å²) in [6.45, 7) is 7.83. The van der Waals surface area contributed by atoms with Crippen molar-refractivity contribution in [3.8, 4) is 0 Å².